The topological polar surface area (TPSA) is 32.3 Å². The number of aliphatic hydroxyl groups is 1. The lowest BCUT2D eigenvalue weighted by atomic mass is 10.1. The standard InChI is InChI=1S/C22H23ClINOS/c23-19-8-4-7-18(11-19)22(26)14-25-20(13-24)12-21-10-17(15-27-21)9-16-5-2-1-3-6-16/h1-8,10-11,15,20,22,25-26H,9,12-14H2. The third kappa shape index (κ3) is 6.57. The molecule has 0 amide bonds. The predicted molar refractivity (Wildman–Crippen MR) is 124 cm³/mol. The van der Waals surface area contributed by atoms with Gasteiger partial charge in [0.1, 0.15) is 0 Å². The third-order valence-electron chi connectivity index (χ3n) is 4.43. The SMILES string of the molecule is OC(CNC(CI)Cc1cc(Cc2ccccc2)cs1)c1cccc(Cl)c1. The van der Waals surface area contributed by atoms with Crippen LogP contribution >= 0.6 is 45.5 Å². The minimum atomic E-state index is -0.550. The predicted octanol–water partition coefficient (Wildman–Crippen LogP) is 5.66. The summed E-state index contributed by atoms with van der Waals surface area (Å²) in [5.41, 5.74) is 3.56. The molecule has 0 aliphatic rings. The summed E-state index contributed by atoms with van der Waals surface area (Å²) in [6, 6.07) is 20.6. The fourth-order valence-electron chi connectivity index (χ4n) is 2.99. The smallest absolute Gasteiger partial charge is 0.0915 e. The Morgan fingerprint density at radius 1 is 1.04 bits per heavy atom. The van der Waals surface area contributed by atoms with Crippen molar-refractivity contribution in [3.8, 4) is 0 Å². The van der Waals surface area contributed by atoms with Gasteiger partial charge in [0.2, 0.25) is 0 Å². The number of aliphatic hydroxyl groups excluding tert-OH is 1. The van der Waals surface area contributed by atoms with E-state index < -0.39 is 6.10 Å². The summed E-state index contributed by atoms with van der Waals surface area (Å²) < 4.78 is 0.992. The Hall–Kier alpha value is -0.920. The van der Waals surface area contributed by atoms with Crippen LogP contribution in [0.4, 0.5) is 0 Å². The molecular weight excluding hydrogens is 489 g/mol. The summed E-state index contributed by atoms with van der Waals surface area (Å²) in [6.07, 6.45) is 1.41. The van der Waals surface area contributed by atoms with E-state index in [9.17, 15) is 5.11 Å². The highest BCUT2D eigenvalue weighted by Gasteiger charge is 2.14. The molecule has 3 aromatic rings. The van der Waals surface area contributed by atoms with E-state index in [0.29, 0.717) is 17.6 Å². The number of halogens is 2. The summed E-state index contributed by atoms with van der Waals surface area (Å²) in [5.74, 6) is 0. The quantitative estimate of drug-likeness (QED) is 0.287. The molecule has 0 radical (unpaired) electrons. The van der Waals surface area contributed by atoms with Crippen LogP contribution < -0.4 is 5.32 Å². The lowest BCUT2D eigenvalue weighted by Crippen LogP contribution is -2.35. The van der Waals surface area contributed by atoms with E-state index in [1.807, 2.05) is 35.6 Å². The zero-order valence-corrected chi connectivity index (χ0v) is 18.7. The third-order valence-corrected chi connectivity index (χ3v) is 6.73. The van der Waals surface area contributed by atoms with E-state index in [0.717, 1.165) is 22.8 Å². The highest BCUT2D eigenvalue weighted by Crippen LogP contribution is 2.21. The molecule has 0 aliphatic carbocycles. The van der Waals surface area contributed by atoms with Crippen molar-refractivity contribution in [1.29, 1.82) is 0 Å². The second-order valence-corrected chi connectivity index (χ2v) is 8.93. The van der Waals surface area contributed by atoms with Crippen LogP contribution in [0.1, 0.15) is 27.7 Å². The van der Waals surface area contributed by atoms with Gasteiger partial charge in [-0.3, -0.25) is 0 Å². The molecule has 1 heterocycles. The van der Waals surface area contributed by atoms with Gasteiger partial charge >= 0.3 is 0 Å². The van der Waals surface area contributed by atoms with Gasteiger partial charge in [-0.05, 0) is 53.1 Å². The van der Waals surface area contributed by atoms with Crippen molar-refractivity contribution >= 4 is 45.5 Å². The minimum absolute atomic E-state index is 0.336. The molecule has 1 aromatic heterocycles. The van der Waals surface area contributed by atoms with Gasteiger partial charge in [-0.15, -0.1) is 11.3 Å². The number of hydrogen-bond acceptors (Lipinski definition) is 3. The van der Waals surface area contributed by atoms with Crippen LogP contribution in [-0.2, 0) is 12.8 Å². The number of rotatable bonds is 9. The van der Waals surface area contributed by atoms with Crippen LogP contribution in [0.5, 0.6) is 0 Å². The molecular formula is C22H23ClINOS. The van der Waals surface area contributed by atoms with Gasteiger partial charge in [0.15, 0.2) is 0 Å². The van der Waals surface area contributed by atoms with E-state index in [2.05, 4.69) is 69.7 Å². The molecule has 2 aromatic carbocycles. The van der Waals surface area contributed by atoms with Gasteiger partial charge in [0.25, 0.3) is 0 Å². The number of benzene rings is 2. The molecule has 0 saturated carbocycles. The van der Waals surface area contributed by atoms with Crippen LogP contribution in [0.25, 0.3) is 0 Å². The lowest BCUT2D eigenvalue weighted by Gasteiger charge is -2.19. The van der Waals surface area contributed by atoms with Crippen LogP contribution in [0, 0.1) is 0 Å². The van der Waals surface area contributed by atoms with Crippen molar-refractivity contribution in [1.82, 2.24) is 5.32 Å². The maximum absolute atomic E-state index is 10.4. The average Bonchev–Trinajstić information content (AvgIpc) is 3.12. The summed E-state index contributed by atoms with van der Waals surface area (Å²) in [4.78, 5) is 1.38. The first-order chi connectivity index (χ1) is 13.1. The molecule has 0 spiro atoms. The summed E-state index contributed by atoms with van der Waals surface area (Å²) in [7, 11) is 0. The molecule has 2 atom stereocenters. The Balaban J connectivity index is 1.52. The van der Waals surface area contributed by atoms with Gasteiger partial charge in [-0.25, -0.2) is 0 Å². The molecule has 0 aliphatic heterocycles. The molecule has 2 unspecified atom stereocenters. The second-order valence-electron chi connectivity index (χ2n) is 6.62. The van der Waals surface area contributed by atoms with Crippen molar-refractivity contribution in [3.05, 3.63) is 92.6 Å². The lowest BCUT2D eigenvalue weighted by molar-refractivity contribution is 0.171. The molecule has 2 nitrogen and oxygen atoms in total. The summed E-state index contributed by atoms with van der Waals surface area (Å²) in [6.45, 7) is 0.524. The fraction of sp³-hybridized carbons (Fsp3) is 0.273. The number of hydrogen-bond donors (Lipinski definition) is 2. The second kappa shape index (κ2) is 10.6. The van der Waals surface area contributed by atoms with Gasteiger partial charge in [0, 0.05) is 26.9 Å². The Morgan fingerprint density at radius 2 is 1.85 bits per heavy atom. The van der Waals surface area contributed by atoms with Gasteiger partial charge in [0.05, 0.1) is 6.10 Å². The van der Waals surface area contributed by atoms with E-state index in [1.54, 1.807) is 0 Å². The average molecular weight is 512 g/mol. The number of alkyl halides is 1. The van der Waals surface area contributed by atoms with Gasteiger partial charge in [-0.2, -0.15) is 0 Å². The molecule has 5 heteroatoms. The van der Waals surface area contributed by atoms with Crippen molar-refractivity contribution in [2.45, 2.75) is 25.0 Å². The highest BCUT2D eigenvalue weighted by molar-refractivity contribution is 14.1. The van der Waals surface area contributed by atoms with Crippen LogP contribution in [-0.4, -0.2) is 22.1 Å². The summed E-state index contributed by atoms with van der Waals surface area (Å²) in [5, 5.41) is 16.8. The molecule has 0 saturated heterocycles. The minimum Gasteiger partial charge on any atom is -0.387 e. The maximum Gasteiger partial charge on any atom is 0.0915 e. The first-order valence-electron chi connectivity index (χ1n) is 8.97. The molecule has 0 bridgehead atoms. The number of nitrogens with one attached hydrogen (secondary N) is 1. The zero-order chi connectivity index (χ0) is 19.1. The maximum atomic E-state index is 10.4. The molecule has 3 rings (SSSR count). The van der Waals surface area contributed by atoms with E-state index in [4.69, 9.17) is 11.6 Å². The van der Waals surface area contributed by atoms with Crippen LogP contribution in [0.2, 0.25) is 5.02 Å². The largest absolute Gasteiger partial charge is 0.387 e. The first-order valence-corrected chi connectivity index (χ1v) is 11.8. The highest BCUT2D eigenvalue weighted by atomic mass is 127. The summed E-state index contributed by atoms with van der Waals surface area (Å²) >= 11 is 10.2. The van der Waals surface area contributed by atoms with E-state index in [-0.39, 0.29) is 0 Å². The van der Waals surface area contributed by atoms with Crippen molar-refractivity contribution in [2.75, 3.05) is 11.0 Å². The van der Waals surface area contributed by atoms with Crippen molar-refractivity contribution in [3.63, 3.8) is 0 Å². The Kier molecular flexibility index (Phi) is 8.15. The molecule has 27 heavy (non-hydrogen) atoms. The fourth-order valence-corrected chi connectivity index (χ4v) is 4.78. The first kappa shape index (κ1) is 20.8. The van der Waals surface area contributed by atoms with Crippen molar-refractivity contribution < 1.29 is 5.11 Å². The van der Waals surface area contributed by atoms with Gasteiger partial charge in [-0.1, -0.05) is 76.7 Å². The van der Waals surface area contributed by atoms with Crippen molar-refractivity contribution in [2.24, 2.45) is 0 Å². The van der Waals surface area contributed by atoms with Crippen LogP contribution in [0.3, 0.4) is 0 Å². The van der Waals surface area contributed by atoms with Gasteiger partial charge < -0.3 is 10.4 Å². The Morgan fingerprint density at radius 3 is 2.59 bits per heavy atom. The van der Waals surface area contributed by atoms with E-state index in [1.165, 1.54) is 16.0 Å². The van der Waals surface area contributed by atoms with Crippen LogP contribution in [0.15, 0.2) is 66.0 Å². The monoisotopic (exact) mass is 511 g/mol. The molecule has 0 fully saturated rings. The number of thiophene rings is 1. The molecule has 142 valence electrons. The zero-order valence-electron chi connectivity index (χ0n) is 14.9. The Bertz CT molecular complexity index is 839. The molecule has 2 N–H and O–H groups in total. The normalized spacial score (nSPS) is 13.4. The Labute approximate surface area is 183 Å². The van der Waals surface area contributed by atoms with E-state index >= 15 is 0 Å².